The number of benzene rings is 1. The van der Waals surface area contributed by atoms with Crippen molar-refractivity contribution < 1.29 is 13.2 Å². The highest BCUT2D eigenvalue weighted by Crippen LogP contribution is 2.24. The molecule has 6 heteroatoms. The van der Waals surface area contributed by atoms with Gasteiger partial charge in [0.1, 0.15) is 0 Å². The largest absolute Gasteiger partial charge is 0.324 e. The molecular weight excluding hydrogens is 262 g/mol. The molecule has 17 heavy (non-hydrogen) atoms. The average molecular weight is 274 g/mol. The van der Waals surface area contributed by atoms with Gasteiger partial charge in [-0.1, -0.05) is 23.7 Å². The van der Waals surface area contributed by atoms with E-state index in [4.69, 9.17) is 11.6 Å². The van der Waals surface area contributed by atoms with Crippen molar-refractivity contribution in [1.82, 2.24) is 0 Å². The first kappa shape index (κ1) is 12.4. The molecule has 0 radical (unpaired) electrons. The van der Waals surface area contributed by atoms with Gasteiger partial charge in [-0.15, -0.1) is 0 Å². The van der Waals surface area contributed by atoms with Gasteiger partial charge in [-0.2, -0.15) is 0 Å². The first-order chi connectivity index (χ1) is 7.98. The Kier molecular flexibility index (Phi) is 3.40. The van der Waals surface area contributed by atoms with Crippen molar-refractivity contribution >= 4 is 33.0 Å². The molecule has 92 valence electrons. The molecule has 1 atom stereocenters. The molecular formula is C11H12ClNO3S. The van der Waals surface area contributed by atoms with Gasteiger partial charge < -0.3 is 5.32 Å². The van der Waals surface area contributed by atoms with Gasteiger partial charge in [0.25, 0.3) is 0 Å². The summed E-state index contributed by atoms with van der Waals surface area (Å²) < 4.78 is 22.5. The highest BCUT2D eigenvalue weighted by molar-refractivity contribution is 7.91. The Morgan fingerprint density at radius 1 is 1.35 bits per heavy atom. The smallest absolute Gasteiger partial charge is 0.228 e. The van der Waals surface area contributed by atoms with Crippen LogP contribution in [0.4, 0.5) is 5.69 Å². The van der Waals surface area contributed by atoms with E-state index in [0.717, 1.165) is 0 Å². The monoisotopic (exact) mass is 273 g/mol. The number of sulfone groups is 1. The van der Waals surface area contributed by atoms with Gasteiger partial charge in [0.05, 0.1) is 28.1 Å². The maximum absolute atomic E-state index is 11.8. The van der Waals surface area contributed by atoms with Crippen molar-refractivity contribution in [2.45, 2.75) is 6.42 Å². The molecule has 0 aromatic heterocycles. The minimum absolute atomic E-state index is 0.0662. The molecule has 0 saturated carbocycles. The molecule has 1 fully saturated rings. The van der Waals surface area contributed by atoms with Gasteiger partial charge in [-0.05, 0) is 18.6 Å². The molecule has 1 heterocycles. The van der Waals surface area contributed by atoms with Crippen LogP contribution >= 0.6 is 11.6 Å². The highest BCUT2D eigenvalue weighted by Gasteiger charge is 2.33. The van der Waals surface area contributed by atoms with E-state index >= 15 is 0 Å². The number of carbonyl (C=O) groups excluding carboxylic acids is 1. The Balaban J connectivity index is 2.06. The number of nitrogens with one attached hydrogen (secondary N) is 1. The predicted octanol–water partition coefficient (Wildman–Crippen LogP) is 1.71. The van der Waals surface area contributed by atoms with E-state index in [1.54, 1.807) is 24.3 Å². The molecule has 0 aliphatic carbocycles. The van der Waals surface area contributed by atoms with Crippen LogP contribution in [-0.4, -0.2) is 25.8 Å². The van der Waals surface area contributed by atoms with Crippen LogP contribution < -0.4 is 5.32 Å². The lowest BCUT2D eigenvalue weighted by Gasteiger charge is -2.10. The van der Waals surface area contributed by atoms with E-state index in [1.165, 1.54) is 0 Å². The number of rotatable bonds is 2. The van der Waals surface area contributed by atoms with Crippen LogP contribution in [0.5, 0.6) is 0 Å². The minimum Gasteiger partial charge on any atom is -0.324 e. The molecule has 4 nitrogen and oxygen atoms in total. The van der Waals surface area contributed by atoms with Gasteiger partial charge >= 0.3 is 0 Å². The Hall–Kier alpha value is -1.07. The summed E-state index contributed by atoms with van der Waals surface area (Å²) in [6.45, 7) is 0. The number of para-hydroxylation sites is 1. The molecule has 0 bridgehead atoms. The van der Waals surface area contributed by atoms with E-state index < -0.39 is 15.8 Å². The number of carbonyl (C=O) groups is 1. The molecule has 1 aliphatic rings. The third kappa shape index (κ3) is 2.98. The van der Waals surface area contributed by atoms with Crippen molar-refractivity contribution in [3.8, 4) is 0 Å². The first-order valence-corrected chi connectivity index (χ1v) is 7.44. The van der Waals surface area contributed by atoms with Crippen LogP contribution in [-0.2, 0) is 14.6 Å². The molecule has 0 spiro atoms. The molecule has 1 amide bonds. The Morgan fingerprint density at radius 2 is 2.06 bits per heavy atom. The normalized spacial score (nSPS) is 22.3. The van der Waals surface area contributed by atoms with E-state index in [1.807, 2.05) is 0 Å². The SMILES string of the molecule is O=C(Nc1ccccc1Cl)[C@@H]1CCS(=O)(=O)C1. The van der Waals surface area contributed by atoms with Crippen molar-refractivity contribution in [1.29, 1.82) is 0 Å². The predicted molar refractivity (Wildman–Crippen MR) is 66.8 cm³/mol. The van der Waals surface area contributed by atoms with Gasteiger partial charge in [0.2, 0.25) is 5.91 Å². The number of hydrogen-bond acceptors (Lipinski definition) is 3. The van der Waals surface area contributed by atoms with Gasteiger partial charge in [0, 0.05) is 0 Å². The van der Waals surface area contributed by atoms with E-state index in [2.05, 4.69) is 5.32 Å². The fourth-order valence-corrected chi connectivity index (χ4v) is 3.72. The van der Waals surface area contributed by atoms with Gasteiger partial charge in [-0.25, -0.2) is 8.42 Å². The summed E-state index contributed by atoms with van der Waals surface area (Å²) in [6.07, 6.45) is 0.388. The number of hydrogen-bond donors (Lipinski definition) is 1. The Bertz CT molecular complexity index is 541. The number of anilines is 1. The molecule has 1 aromatic rings. The van der Waals surface area contributed by atoms with Crippen LogP contribution in [0.2, 0.25) is 5.02 Å². The van der Waals surface area contributed by atoms with Crippen molar-refractivity contribution in [3.05, 3.63) is 29.3 Å². The summed E-state index contributed by atoms with van der Waals surface area (Å²) in [5.41, 5.74) is 0.517. The van der Waals surface area contributed by atoms with Crippen LogP contribution in [0.15, 0.2) is 24.3 Å². The number of amides is 1. The first-order valence-electron chi connectivity index (χ1n) is 5.24. The average Bonchev–Trinajstić information content (AvgIpc) is 2.62. The molecule has 1 N–H and O–H groups in total. The molecule has 0 unspecified atom stereocenters. The van der Waals surface area contributed by atoms with Crippen LogP contribution in [0.3, 0.4) is 0 Å². The summed E-state index contributed by atoms with van der Waals surface area (Å²) in [4.78, 5) is 11.8. The quantitative estimate of drug-likeness (QED) is 0.892. The van der Waals surface area contributed by atoms with Crippen molar-refractivity contribution in [3.63, 3.8) is 0 Å². The standard InChI is InChI=1S/C11H12ClNO3S/c12-9-3-1-2-4-10(9)13-11(14)8-5-6-17(15,16)7-8/h1-4,8H,5-7H2,(H,13,14)/t8-/m1/s1. The van der Waals surface area contributed by atoms with Crippen molar-refractivity contribution in [2.24, 2.45) is 5.92 Å². The van der Waals surface area contributed by atoms with E-state index in [9.17, 15) is 13.2 Å². The maximum atomic E-state index is 11.8. The molecule has 1 aromatic carbocycles. The Morgan fingerprint density at radius 3 is 2.65 bits per heavy atom. The Labute approximate surface area is 105 Å². The topological polar surface area (TPSA) is 63.2 Å². The third-order valence-electron chi connectivity index (χ3n) is 2.73. The minimum atomic E-state index is -3.04. The highest BCUT2D eigenvalue weighted by atomic mass is 35.5. The molecule has 2 rings (SSSR count). The fraction of sp³-hybridized carbons (Fsp3) is 0.364. The lowest BCUT2D eigenvalue weighted by Crippen LogP contribution is -2.23. The number of halogens is 1. The summed E-state index contributed by atoms with van der Waals surface area (Å²) >= 11 is 5.90. The third-order valence-corrected chi connectivity index (χ3v) is 4.83. The molecule has 1 aliphatic heterocycles. The summed E-state index contributed by atoms with van der Waals surface area (Å²) in [5, 5.41) is 3.10. The maximum Gasteiger partial charge on any atom is 0.228 e. The molecule has 1 saturated heterocycles. The van der Waals surface area contributed by atoms with Crippen LogP contribution in [0.1, 0.15) is 6.42 Å². The van der Waals surface area contributed by atoms with Crippen LogP contribution in [0.25, 0.3) is 0 Å². The lowest BCUT2D eigenvalue weighted by molar-refractivity contribution is -0.119. The van der Waals surface area contributed by atoms with E-state index in [0.29, 0.717) is 17.1 Å². The fourth-order valence-electron chi connectivity index (χ4n) is 1.80. The second-order valence-electron chi connectivity index (χ2n) is 4.07. The van der Waals surface area contributed by atoms with Crippen molar-refractivity contribution in [2.75, 3.05) is 16.8 Å². The van der Waals surface area contributed by atoms with Gasteiger partial charge in [-0.3, -0.25) is 4.79 Å². The van der Waals surface area contributed by atoms with E-state index in [-0.39, 0.29) is 17.4 Å². The van der Waals surface area contributed by atoms with Gasteiger partial charge in [0.15, 0.2) is 9.84 Å². The zero-order chi connectivity index (χ0) is 12.5. The lowest BCUT2D eigenvalue weighted by atomic mass is 10.1. The van der Waals surface area contributed by atoms with Crippen LogP contribution in [0, 0.1) is 5.92 Å². The second kappa shape index (κ2) is 4.66. The summed E-state index contributed by atoms with van der Waals surface area (Å²) in [6, 6.07) is 6.87. The zero-order valence-corrected chi connectivity index (χ0v) is 10.6. The second-order valence-corrected chi connectivity index (χ2v) is 6.70. The zero-order valence-electron chi connectivity index (χ0n) is 9.02. The summed E-state index contributed by atoms with van der Waals surface area (Å²) in [5.74, 6) is -0.716. The summed E-state index contributed by atoms with van der Waals surface area (Å²) in [7, 11) is -3.04.